The zero-order chi connectivity index (χ0) is 14.0. The Morgan fingerprint density at radius 2 is 1.68 bits per heavy atom. The summed E-state index contributed by atoms with van der Waals surface area (Å²) in [4.78, 5) is 10.5. The summed E-state index contributed by atoms with van der Waals surface area (Å²) in [6.45, 7) is 4.08. The highest BCUT2D eigenvalue weighted by atomic mass is 16.6. The van der Waals surface area contributed by atoms with E-state index in [9.17, 15) is 10.1 Å². The molecular weight excluding hydrogens is 240 g/mol. The predicted octanol–water partition coefficient (Wildman–Crippen LogP) is 3.50. The molecule has 2 aromatic rings. The van der Waals surface area contributed by atoms with E-state index in [2.05, 4.69) is 0 Å². The van der Waals surface area contributed by atoms with Crippen molar-refractivity contribution in [3.63, 3.8) is 0 Å². The van der Waals surface area contributed by atoms with Crippen LogP contribution in [0.4, 0.5) is 11.4 Å². The van der Waals surface area contributed by atoms with E-state index in [-0.39, 0.29) is 16.8 Å². The molecule has 4 heteroatoms. The van der Waals surface area contributed by atoms with E-state index in [0.717, 1.165) is 11.1 Å². The van der Waals surface area contributed by atoms with Gasteiger partial charge in [-0.3, -0.25) is 10.1 Å². The standard InChI is InChI=1S/C15H16N2O2/c1-15(2,11-6-4-3-5-7-11)12-8-9-13(16)14(10-12)17(18)19/h3-10H,16H2,1-2H3. The number of nitrogens with zero attached hydrogens (tertiary/aromatic N) is 1. The van der Waals surface area contributed by atoms with Crippen molar-refractivity contribution < 1.29 is 4.92 Å². The Morgan fingerprint density at radius 1 is 1.05 bits per heavy atom. The van der Waals surface area contributed by atoms with Gasteiger partial charge in [-0.15, -0.1) is 0 Å². The van der Waals surface area contributed by atoms with Gasteiger partial charge in [0.25, 0.3) is 5.69 Å². The number of hydrogen-bond donors (Lipinski definition) is 1. The first-order valence-corrected chi connectivity index (χ1v) is 6.03. The summed E-state index contributed by atoms with van der Waals surface area (Å²) in [6, 6.07) is 14.9. The number of benzene rings is 2. The second-order valence-electron chi connectivity index (χ2n) is 5.02. The van der Waals surface area contributed by atoms with Gasteiger partial charge >= 0.3 is 0 Å². The Kier molecular flexibility index (Phi) is 3.25. The minimum absolute atomic E-state index is 0.0403. The van der Waals surface area contributed by atoms with Crippen molar-refractivity contribution in [3.05, 3.63) is 69.8 Å². The third-order valence-corrected chi connectivity index (χ3v) is 3.44. The van der Waals surface area contributed by atoms with Gasteiger partial charge in [-0.05, 0) is 17.2 Å². The van der Waals surface area contributed by atoms with Crippen molar-refractivity contribution in [2.45, 2.75) is 19.3 Å². The number of hydrogen-bond acceptors (Lipinski definition) is 3. The molecule has 4 nitrogen and oxygen atoms in total. The maximum absolute atomic E-state index is 11.0. The molecule has 0 radical (unpaired) electrons. The van der Waals surface area contributed by atoms with Crippen molar-refractivity contribution in [2.75, 3.05) is 5.73 Å². The summed E-state index contributed by atoms with van der Waals surface area (Å²) >= 11 is 0. The topological polar surface area (TPSA) is 69.2 Å². The van der Waals surface area contributed by atoms with Crippen LogP contribution in [-0.4, -0.2) is 4.92 Å². The van der Waals surface area contributed by atoms with Crippen LogP contribution in [0, 0.1) is 10.1 Å². The van der Waals surface area contributed by atoms with E-state index < -0.39 is 4.92 Å². The fraction of sp³-hybridized carbons (Fsp3) is 0.200. The lowest BCUT2D eigenvalue weighted by atomic mass is 9.78. The van der Waals surface area contributed by atoms with E-state index >= 15 is 0 Å². The van der Waals surface area contributed by atoms with Crippen molar-refractivity contribution in [1.82, 2.24) is 0 Å². The Bertz CT molecular complexity index is 607. The molecule has 0 fully saturated rings. The van der Waals surface area contributed by atoms with Crippen molar-refractivity contribution >= 4 is 11.4 Å². The lowest BCUT2D eigenvalue weighted by molar-refractivity contribution is -0.384. The monoisotopic (exact) mass is 256 g/mol. The maximum Gasteiger partial charge on any atom is 0.292 e. The molecule has 2 rings (SSSR count). The minimum Gasteiger partial charge on any atom is -0.393 e. The molecule has 2 N–H and O–H groups in total. The fourth-order valence-corrected chi connectivity index (χ4v) is 2.11. The molecule has 0 aliphatic carbocycles. The van der Waals surface area contributed by atoms with E-state index in [1.807, 2.05) is 50.2 Å². The van der Waals surface area contributed by atoms with Gasteiger partial charge < -0.3 is 5.73 Å². The largest absolute Gasteiger partial charge is 0.393 e. The van der Waals surface area contributed by atoms with Gasteiger partial charge in [-0.1, -0.05) is 50.2 Å². The highest BCUT2D eigenvalue weighted by Crippen LogP contribution is 2.34. The first-order chi connectivity index (χ1) is 8.93. The molecule has 0 aliphatic rings. The smallest absolute Gasteiger partial charge is 0.292 e. The SMILES string of the molecule is CC(C)(c1ccccc1)c1ccc(N)c([N+](=O)[O-])c1. The van der Waals surface area contributed by atoms with Crippen LogP contribution in [0.25, 0.3) is 0 Å². The summed E-state index contributed by atoms with van der Waals surface area (Å²) in [5.74, 6) is 0. The number of nitrogens with two attached hydrogens (primary N) is 1. The van der Waals surface area contributed by atoms with Gasteiger partial charge in [0.05, 0.1) is 4.92 Å². The van der Waals surface area contributed by atoms with Crippen molar-refractivity contribution in [2.24, 2.45) is 0 Å². The van der Waals surface area contributed by atoms with E-state index in [0.29, 0.717) is 0 Å². The second-order valence-corrected chi connectivity index (χ2v) is 5.02. The summed E-state index contributed by atoms with van der Waals surface area (Å²) in [7, 11) is 0. The first-order valence-electron chi connectivity index (χ1n) is 6.03. The van der Waals surface area contributed by atoms with Crippen molar-refractivity contribution in [3.8, 4) is 0 Å². The Balaban J connectivity index is 2.53. The molecule has 0 spiro atoms. The Labute approximate surface area is 112 Å². The molecule has 0 aliphatic heterocycles. The highest BCUT2D eigenvalue weighted by Gasteiger charge is 2.25. The van der Waals surface area contributed by atoms with Crippen LogP contribution >= 0.6 is 0 Å². The Hall–Kier alpha value is -2.36. The molecular formula is C15H16N2O2. The lowest BCUT2D eigenvalue weighted by Gasteiger charge is -2.26. The van der Waals surface area contributed by atoms with E-state index in [1.54, 1.807) is 12.1 Å². The molecule has 0 heterocycles. The lowest BCUT2D eigenvalue weighted by Crippen LogP contribution is -2.19. The summed E-state index contributed by atoms with van der Waals surface area (Å²) in [5.41, 5.74) is 7.46. The highest BCUT2D eigenvalue weighted by molar-refractivity contribution is 5.60. The average molecular weight is 256 g/mol. The van der Waals surface area contributed by atoms with Crippen LogP contribution in [0.1, 0.15) is 25.0 Å². The van der Waals surface area contributed by atoms with Crippen LogP contribution in [0.15, 0.2) is 48.5 Å². The molecule has 2 aromatic carbocycles. The van der Waals surface area contributed by atoms with Gasteiger partial charge in [0, 0.05) is 11.5 Å². The number of nitrogen functional groups attached to an aromatic ring is 1. The van der Waals surface area contributed by atoms with E-state index in [1.165, 1.54) is 0 Å². The summed E-state index contributed by atoms with van der Waals surface area (Å²) in [5, 5.41) is 11.0. The van der Waals surface area contributed by atoms with Gasteiger partial charge in [0.15, 0.2) is 0 Å². The fourth-order valence-electron chi connectivity index (χ4n) is 2.11. The van der Waals surface area contributed by atoms with Gasteiger partial charge in [-0.25, -0.2) is 0 Å². The average Bonchev–Trinajstić information content (AvgIpc) is 2.39. The molecule has 0 bridgehead atoms. The quantitative estimate of drug-likeness (QED) is 0.519. The number of nitro groups is 1. The normalized spacial score (nSPS) is 11.3. The molecule has 98 valence electrons. The third-order valence-electron chi connectivity index (χ3n) is 3.44. The van der Waals surface area contributed by atoms with E-state index in [4.69, 9.17) is 5.73 Å². The van der Waals surface area contributed by atoms with Crippen LogP contribution in [0.3, 0.4) is 0 Å². The van der Waals surface area contributed by atoms with Crippen LogP contribution in [0.2, 0.25) is 0 Å². The molecule has 0 unspecified atom stereocenters. The number of rotatable bonds is 3. The van der Waals surface area contributed by atoms with Crippen LogP contribution in [-0.2, 0) is 5.41 Å². The zero-order valence-corrected chi connectivity index (χ0v) is 11.0. The van der Waals surface area contributed by atoms with Gasteiger partial charge in [0.1, 0.15) is 5.69 Å². The number of anilines is 1. The summed E-state index contributed by atoms with van der Waals surface area (Å²) in [6.07, 6.45) is 0. The third kappa shape index (κ3) is 2.42. The molecule has 0 aromatic heterocycles. The van der Waals surface area contributed by atoms with Crippen LogP contribution < -0.4 is 5.73 Å². The van der Waals surface area contributed by atoms with Gasteiger partial charge in [0.2, 0.25) is 0 Å². The molecule has 0 atom stereocenters. The predicted molar refractivity (Wildman–Crippen MR) is 76.1 cm³/mol. The Morgan fingerprint density at radius 3 is 2.26 bits per heavy atom. The number of nitro benzene ring substituents is 1. The molecule has 0 amide bonds. The first kappa shape index (κ1) is 13.1. The molecule has 0 saturated carbocycles. The maximum atomic E-state index is 11.0. The minimum atomic E-state index is -0.445. The molecule has 0 saturated heterocycles. The molecule has 19 heavy (non-hydrogen) atoms. The zero-order valence-electron chi connectivity index (χ0n) is 11.0. The van der Waals surface area contributed by atoms with Gasteiger partial charge in [-0.2, -0.15) is 0 Å². The van der Waals surface area contributed by atoms with Crippen molar-refractivity contribution in [1.29, 1.82) is 0 Å². The second kappa shape index (κ2) is 4.72. The summed E-state index contributed by atoms with van der Waals surface area (Å²) < 4.78 is 0. The van der Waals surface area contributed by atoms with Crippen LogP contribution in [0.5, 0.6) is 0 Å².